The lowest BCUT2D eigenvalue weighted by Crippen LogP contribution is -2.36. The minimum absolute atomic E-state index is 0.0304. The van der Waals surface area contributed by atoms with E-state index in [1.165, 1.54) is 23.5 Å². The highest BCUT2D eigenvalue weighted by atomic mass is 32.2. The van der Waals surface area contributed by atoms with Gasteiger partial charge in [-0.15, -0.1) is 11.3 Å². The summed E-state index contributed by atoms with van der Waals surface area (Å²) >= 11 is 1.48. The van der Waals surface area contributed by atoms with Crippen LogP contribution >= 0.6 is 11.3 Å². The largest absolute Gasteiger partial charge is 0.390 e. The van der Waals surface area contributed by atoms with Crippen LogP contribution in [0.4, 0.5) is 16.2 Å². The van der Waals surface area contributed by atoms with Crippen LogP contribution in [0.1, 0.15) is 30.7 Å². The summed E-state index contributed by atoms with van der Waals surface area (Å²) in [7, 11) is -3.82. The average Bonchev–Trinajstić information content (AvgIpc) is 3.55. The van der Waals surface area contributed by atoms with Gasteiger partial charge in [-0.05, 0) is 63.4 Å². The van der Waals surface area contributed by atoms with Crippen molar-refractivity contribution in [3.05, 3.63) is 53.7 Å². The molecule has 0 aliphatic heterocycles. The molecule has 4 aromatic rings. The second-order valence-corrected chi connectivity index (χ2v) is 13.6. The van der Waals surface area contributed by atoms with Crippen LogP contribution in [0.25, 0.3) is 20.8 Å². The molecule has 2 aliphatic rings. The molecule has 2 fully saturated rings. The molecular formula is C27H29FN6O4S2. The van der Waals surface area contributed by atoms with Gasteiger partial charge in [-0.25, -0.2) is 22.8 Å². The van der Waals surface area contributed by atoms with Gasteiger partial charge in [0.1, 0.15) is 28.3 Å². The van der Waals surface area contributed by atoms with Crippen molar-refractivity contribution < 1.29 is 23.0 Å². The maximum atomic E-state index is 13.3. The zero-order valence-electron chi connectivity index (χ0n) is 21.9. The number of aliphatic hydroxyl groups excluding tert-OH is 2. The minimum atomic E-state index is -3.82. The maximum Gasteiger partial charge on any atom is 0.225 e. The fraction of sp³-hybridized carbons (Fsp3) is 0.407. The fourth-order valence-corrected chi connectivity index (χ4v) is 7.88. The van der Waals surface area contributed by atoms with Gasteiger partial charge in [0.2, 0.25) is 5.95 Å². The summed E-state index contributed by atoms with van der Waals surface area (Å²) in [6.45, 7) is 3.77. The summed E-state index contributed by atoms with van der Waals surface area (Å²) in [6, 6.07) is 6.12. The van der Waals surface area contributed by atoms with E-state index in [1.54, 1.807) is 6.20 Å². The first-order chi connectivity index (χ1) is 19.1. The molecule has 0 saturated heterocycles. The van der Waals surface area contributed by atoms with E-state index in [4.69, 9.17) is 9.97 Å². The molecule has 0 bridgehead atoms. The third kappa shape index (κ3) is 5.26. The normalized spacial score (nSPS) is 23.0. The molecule has 2 aliphatic carbocycles. The highest BCUT2D eigenvalue weighted by Crippen LogP contribution is 2.39. The van der Waals surface area contributed by atoms with Crippen LogP contribution in [0.5, 0.6) is 0 Å². The Bertz CT molecular complexity index is 1680. The van der Waals surface area contributed by atoms with Crippen molar-refractivity contribution >= 4 is 43.2 Å². The molecule has 210 valence electrons. The zero-order chi connectivity index (χ0) is 28.2. The van der Waals surface area contributed by atoms with Gasteiger partial charge in [0.15, 0.2) is 9.84 Å². The van der Waals surface area contributed by atoms with Crippen LogP contribution in [0, 0.1) is 25.6 Å². The summed E-state index contributed by atoms with van der Waals surface area (Å²) in [5, 5.41) is 29.1. The molecule has 3 heterocycles. The van der Waals surface area contributed by atoms with Gasteiger partial charge >= 0.3 is 0 Å². The standard InChI is InChI=1S/C27H29FN6O4S2/c1-13-21(26-33-22-14(2)29-10-9-20(22)39-26)25(34-27(30-13)31-17-5-6-17)32-19-11-15(23(35)24(19)36)12-40(37,38)18-7-3-16(28)4-8-18/h3-4,7-10,15,17,19,23-24,35-36H,5-6,11-12H2,1-2H3,(H2,30,31,32,34)/t15-,19-,23-,24+/m1/s1. The molecule has 1 aromatic carbocycles. The number of aromatic nitrogens is 4. The Balaban J connectivity index is 1.31. The number of hydrogen-bond acceptors (Lipinski definition) is 11. The van der Waals surface area contributed by atoms with Crippen molar-refractivity contribution in [3.8, 4) is 10.6 Å². The maximum absolute atomic E-state index is 13.3. The van der Waals surface area contributed by atoms with Gasteiger partial charge in [-0.2, -0.15) is 4.98 Å². The first kappa shape index (κ1) is 26.9. The van der Waals surface area contributed by atoms with E-state index in [9.17, 15) is 23.0 Å². The van der Waals surface area contributed by atoms with Crippen LogP contribution in [0.2, 0.25) is 0 Å². The predicted octanol–water partition coefficient (Wildman–Crippen LogP) is 3.47. The topological polar surface area (TPSA) is 150 Å². The van der Waals surface area contributed by atoms with Crippen molar-refractivity contribution in [2.24, 2.45) is 5.92 Å². The van der Waals surface area contributed by atoms with Crippen molar-refractivity contribution in [1.29, 1.82) is 0 Å². The highest BCUT2D eigenvalue weighted by Gasteiger charge is 2.44. The number of hydrogen-bond donors (Lipinski definition) is 4. The van der Waals surface area contributed by atoms with E-state index >= 15 is 0 Å². The molecule has 6 rings (SSSR count). The number of sulfone groups is 1. The summed E-state index contributed by atoms with van der Waals surface area (Å²) in [6.07, 6.45) is 1.47. The number of thiazole rings is 1. The Kier molecular flexibility index (Phi) is 6.93. The number of rotatable bonds is 8. The molecule has 0 unspecified atom stereocenters. The van der Waals surface area contributed by atoms with Gasteiger partial charge in [-0.3, -0.25) is 4.98 Å². The van der Waals surface area contributed by atoms with Gasteiger partial charge in [0, 0.05) is 18.2 Å². The van der Waals surface area contributed by atoms with E-state index in [2.05, 4.69) is 20.6 Å². The van der Waals surface area contributed by atoms with Crippen molar-refractivity contribution in [1.82, 2.24) is 19.9 Å². The monoisotopic (exact) mass is 584 g/mol. The lowest BCUT2D eigenvalue weighted by Gasteiger charge is -2.21. The number of pyridine rings is 1. The number of nitrogens with one attached hydrogen (secondary N) is 2. The number of nitrogens with zero attached hydrogens (tertiary/aromatic N) is 4. The van der Waals surface area contributed by atoms with Crippen molar-refractivity contribution in [2.45, 2.75) is 62.3 Å². The number of aliphatic hydroxyl groups is 2. The lowest BCUT2D eigenvalue weighted by atomic mass is 10.1. The third-order valence-corrected chi connectivity index (χ3v) is 10.3. The Morgan fingerprint density at radius 3 is 2.45 bits per heavy atom. The van der Waals surface area contributed by atoms with E-state index in [0.29, 0.717) is 34.1 Å². The van der Waals surface area contributed by atoms with Crippen molar-refractivity contribution in [2.75, 3.05) is 16.4 Å². The molecule has 0 spiro atoms. The quantitative estimate of drug-likeness (QED) is 0.227. The zero-order valence-corrected chi connectivity index (χ0v) is 23.5. The van der Waals surface area contributed by atoms with Crippen LogP contribution in [-0.2, 0) is 9.84 Å². The Hall–Kier alpha value is -3.26. The molecule has 0 radical (unpaired) electrons. The second-order valence-electron chi connectivity index (χ2n) is 10.5. The summed E-state index contributed by atoms with van der Waals surface area (Å²) < 4.78 is 40.3. The van der Waals surface area contributed by atoms with E-state index in [1.807, 2.05) is 19.9 Å². The Labute approximate surface area is 234 Å². The number of anilines is 2. The predicted molar refractivity (Wildman–Crippen MR) is 151 cm³/mol. The van der Waals surface area contributed by atoms with E-state index in [0.717, 1.165) is 40.9 Å². The number of fused-ring (bicyclic) bond motifs is 1. The molecule has 2 saturated carbocycles. The van der Waals surface area contributed by atoms with Crippen LogP contribution in [0.15, 0.2) is 41.4 Å². The first-order valence-corrected chi connectivity index (χ1v) is 15.5. The molecule has 4 N–H and O–H groups in total. The van der Waals surface area contributed by atoms with Gasteiger partial charge < -0.3 is 20.8 Å². The molecule has 0 amide bonds. The van der Waals surface area contributed by atoms with Crippen LogP contribution < -0.4 is 10.6 Å². The van der Waals surface area contributed by atoms with E-state index < -0.39 is 39.8 Å². The average molecular weight is 585 g/mol. The summed E-state index contributed by atoms with van der Waals surface area (Å²) in [5.74, 6) is -0.768. The van der Waals surface area contributed by atoms with Gasteiger partial charge in [-0.1, -0.05) is 0 Å². The molecule has 10 nitrogen and oxygen atoms in total. The second kappa shape index (κ2) is 10.3. The molecule has 40 heavy (non-hydrogen) atoms. The third-order valence-electron chi connectivity index (χ3n) is 7.43. The van der Waals surface area contributed by atoms with Crippen LogP contribution in [0.3, 0.4) is 0 Å². The minimum Gasteiger partial charge on any atom is -0.390 e. The Morgan fingerprint density at radius 2 is 1.75 bits per heavy atom. The first-order valence-electron chi connectivity index (χ1n) is 13.1. The smallest absolute Gasteiger partial charge is 0.225 e. The Morgan fingerprint density at radius 1 is 1.00 bits per heavy atom. The number of aryl methyl sites for hydroxylation is 2. The highest BCUT2D eigenvalue weighted by molar-refractivity contribution is 7.91. The molecule has 3 aromatic heterocycles. The van der Waals surface area contributed by atoms with E-state index in [-0.39, 0.29) is 17.1 Å². The fourth-order valence-electron chi connectivity index (χ4n) is 5.13. The van der Waals surface area contributed by atoms with Crippen molar-refractivity contribution in [3.63, 3.8) is 0 Å². The van der Waals surface area contributed by atoms with Crippen LogP contribution in [-0.4, -0.2) is 68.6 Å². The summed E-state index contributed by atoms with van der Waals surface area (Å²) in [4.78, 5) is 18.5. The van der Waals surface area contributed by atoms with Gasteiger partial charge in [0.25, 0.3) is 0 Å². The SMILES string of the molecule is Cc1nc(NC2CC2)nc(N[C@@H]2C[C@H](CS(=O)(=O)c3ccc(F)cc3)[C@@H](O)[C@H]2O)c1-c1nc2c(C)nccc2s1. The number of halogens is 1. The molecule has 4 atom stereocenters. The molecular weight excluding hydrogens is 555 g/mol. The van der Waals surface area contributed by atoms with Gasteiger partial charge in [0.05, 0.1) is 44.4 Å². The molecule has 13 heteroatoms. The number of benzene rings is 1. The lowest BCUT2D eigenvalue weighted by molar-refractivity contribution is 0.0216. The summed E-state index contributed by atoms with van der Waals surface area (Å²) in [5.41, 5.74) is 2.95.